The molecule has 0 unspecified atom stereocenters. The molecule has 0 spiro atoms. The quantitative estimate of drug-likeness (QED) is 0.859. The van der Waals surface area contributed by atoms with Gasteiger partial charge in [0, 0.05) is 18.0 Å². The van der Waals surface area contributed by atoms with Crippen molar-refractivity contribution in [2.24, 2.45) is 5.92 Å². The molecule has 3 rings (SSSR count). The van der Waals surface area contributed by atoms with Crippen LogP contribution in [0.1, 0.15) is 16.8 Å². The second-order valence-electron chi connectivity index (χ2n) is 5.33. The minimum Gasteiger partial charge on any atom is -0.322 e. The number of hydrogen-bond acceptors (Lipinski definition) is 3. The van der Waals surface area contributed by atoms with Crippen LogP contribution in [0, 0.1) is 5.92 Å². The van der Waals surface area contributed by atoms with Crippen LogP contribution >= 0.6 is 23.2 Å². The number of carbonyl (C=O) groups excluding carboxylic acids is 2. The van der Waals surface area contributed by atoms with Crippen LogP contribution in [-0.2, 0) is 4.79 Å². The molecule has 2 atom stereocenters. The first-order valence-electron chi connectivity index (χ1n) is 7.12. The average Bonchev–Trinajstić information content (AvgIpc) is 3.27. The third-order valence-electron chi connectivity index (χ3n) is 3.51. The molecule has 124 valence electrons. The van der Waals surface area contributed by atoms with E-state index in [-0.39, 0.29) is 27.8 Å². The second kappa shape index (κ2) is 6.75. The largest absolute Gasteiger partial charge is 0.322 e. The first-order chi connectivity index (χ1) is 11.5. The number of anilines is 2. The van der Waals surface area contributed by atoms with Gasteiger partial charge in [-0.25, -0.2) is 9.37 Å². The molecule has 0 radical (unpaired) electrons. The second-order valence-corrected chi connectivity index (χ2v) is 6.12. The van der Waals surface area contributed by atoms with Gasteiger partial charge in [-0.05, 0) is 24.6 Å². The number of hydrogen-bond donors (Lipinski definition) is 2. The molecular weight excluding hydrogens is 356 g/mol. The highest BCUT2D eigenvalue weighted by atomic mass is 35.5. The molecule has 2 amide bonds. The summed E-state index contributed by atoms with van der Waals surface area (Å²) in [5, 5.41) is 5.60. The van der Waals surface area contributed by atoms with Crippen LogP contribution in [0.25, 0.3) is 0 Å². The van der Waals surface area contributed by atoms with Crippen molar-refractivity contribution in [1.82, 2.24) is 4.98 Å². The van der Waals surface area contributed by atoms with Crippen molar-refractivity contribution < 1.29 is 14.0 Å². The number of halogens is 3. The maximum absolute atomic E-state index is 12.9. The van der Waals surface area contributed by atoms with Crippen molar-refractivity contribution in [1.29, 1.82) is 0 Å². The summed E-state index contributed by atoms with van der Waals surface area (Å²) in [6, 6.07) is 7.77. The fourth-order valence-electron chi connectivity index (χ4n) is 2.11. The first kappa shape index (κ1) is 16.7. The normalized spacial score (nSPS) is 18.8. The molecule has 0 bridgehead atoms. The molecule has 1 aliphatic rings. The molecule has 0 saturated heterocycles. The molecule has 24 heavy (non-hydrogen) atoms. The predicted octanol–water partition coefficient (Wildman–Crippen LogP) is 3.94. The first-order valence-corrected chi connectivity index (χ1v) is 7.87. The van der Waals surface area contributed by atoms with E-state index in [2.05, 4.69) is 15.6 Å². The van der Waals surface area contributed by atoms with Crippen LogP contribution in [0.3, 0.4) is 0 Å². The van der Waals surface area contributed by atoms with E-state index in [1.165, 1.54) is 12.3 Å². The van der Waals surface area contributed by atoms with E-state index >= 15 is 0 Å². The highest BCUT2D eigenvalue weighted by Crippen LogP contribution is 2.34. The van der Waals surface area contributed by atoms with Gasteiger partial charge in [0.05, 0.1) is 21.5 Å². The van der Waals surface area contributed by atoms with Gasteiger partial charge >= 0.3 is 0 Å². The number of rotatable bonds is 4. The van der Waals surface area contributed by atoms with Crippen molar-refractivity contribution >= 4 is 46.5 Å². The summed E-state index contributed by atoms with van der Waals surface area (Å²) in [5.41, 5.74) is 0.638. The molecule has 2 aromatic rings. The standard InChI is InChI=1S/C16H12Cl2FN3O2/c17-11-3-1-2-9(14(11)18)15(23)21-8-4-5-20-13(6-8)22-16(24)10-7-12(10)19/h1-6,10,12H,7H2,(H2,20,21,22,23,24)/t10-,12+/m0/s1. The van der Waals surface area contributed by atoms with Crippen LogP contribution in [0.2, 0.25) is 10.0 Å². The Balaban J connectivity index is 1.71. The molecule has 0 aliphatic heterocycles. The Labute approximate surface area is 147 Å². The number of benzene rings is 1. The predicted molar refractivity (Wildman–Crippen MR) is 90.3 cm³/mol. The van der Waals surface area contributed by atoms with E-state index < -0.39 is 23.9 Å². The summed E-state index contributed by atoms with van der Waals surface area (Å²) in [4.78, 5) is 28.0. The molecule has 1 fully saturated rings. The number of alkyl halides is 1. The van der Waals surface area contributed by atoms with E-state index in [1.54, 1.807) is 24.3 Å². The summed E-state index contributed by atoms with van der Waals surface area (Å²) < 4.78 is 12.9. The highest BCUT2D eigenvalue weighted by Gasteiger charge is 2.43. The molecule has 1 aromatic heterocycles. The third kappa shape index (κ3) is 3.66. The summed E-state index contributed by atoms with van der Waals surface area (Å²) in [5.74, 6) is -1.25. The monoisotopic (exact) mass is 367 g/mol. The maximum Gasteiger partial charge on any atom is 0.257 e. The van der Waals surface area contributed by atoms with E-state index in [9.17, 15) is 14.0 Å². The maximum atomic E-state index is 12.9. The molecule has 1 heterocycles. The molecule has 1 aromatic carbocycles. The number of pyridine rings is 1. The van der Waals surface area contributed by atoms with Crippen molar-refractivity contribution in [2.45, 2.75) is 12.6 Å². The fourth-order valence-corrected chi connectivity index (χ4v) is 2.49. The van der Waals surface area contributed by atoms with Gasteiger partial charge in [-0.3, -0.25) is 9.59 Å². The Bertz CT molecular complexity index is 816. The Morgan fingerprint density at radius 2 is 1.96 bits per heavy atom. The van der Waals surface area contributed by atoms with E-state index in [0.29, 0.717) is 5.69 Å². The lowest BCUT2D eigenvalue weighted by Gasteiger charge is -2.09. The van der Waals surface area contributed by atoms with E-state index in [4.69, 9.17) is 23.2 Å². The Morgan fingerprint density at radius 3 is 2.67 bits per heavy atom. The Kier molecular flexibility index (Phi) is 4.69. The lowest BCUT2D eigenvalue weighted by molar-refractivity contribution is -0.117. The van der Waals surface area contributed by atoms with Gasteiger partial charge in [-0.15, -0.1) is 0 Å². The van der Waals surface area contributed by atoms with Gasteiger partial charge in [0.15, 0.2) is 0 Å². The van der Waals surface area contributed by atoms with Gasteiger partial charge in [0.2, 0.25) is 5.91 Å². The van der Waals surface area contributed by atoms with Gasteiger partial charge in [0.25, 0.3) is 5.91 Å². The molecule has 1 saturated carbocycles. The SMILES string of the molecule is O=C(Nc1ccnc(NC(=O)[C@H]2C[C@H]2F)c1)c1cccc(Cl)c1Cl. The summed E-state index contributed by atoms with van der Waals surface area (Å²) in [6.07, 6.45) is 0.568. The third-order valence-corrected chi connectivity index (χ3v) is 4.33. The van der Waals surface area contributed by atoms with Gasteiger partial charge in [-0.2, -0.15) is 0 Å². The topological polar surface area (TPSA) is 71.1 Å². The molecule has 8 heteroatoms. The summed E-state index contributed by atoms with van der Waals surface area (Å²) in [7, 11) is 0. The molecular formula is C16H12Cl2FN3O2. The van der Waals surface area contributed by atoms with Crippen LogP contribution in [0.15, 0.2) is 36.5 Å². The zero-order chi connectivity index (χ0) is 17.3. The van der Waals surface area contributed by atoms with Crippen LogP contribution < -0.4 is 10.6 Å². The van der Waals surface area contributed by atoms with Crippen LogP contribution in [0.5, 0.6) is 0 Å². The van der Waals surface area contributed by atoms with Crippen molar-refractivity contribution in [2.75, 3.05) is 10.6 Å². The van der Waals surface area contributed by atoms with Gasteiger partial charge in [0.1, 0.15) is 12.0 Å². The number of amides is 2. The van der Waals surface area contributed by atoms with E-state index in [0.717, 1.165) is 0 Å². The zero-order valence-corrected chi connectivity index (χ0v) is 13.7. The van der Waals surface area contributed by atoms with Crippen LogP contribution in [0.4, 0.5) is 15.9 Å². The average molecular weight is 368 g/mol. The van der Waals surface area contributed by atoms with Crippen molar-refractivity contribution in [3.63, 3.8) is 0 Å². The molecule has 2 N–H and O–H groups in total. The minimum absolute atomic E-state index is 0.155. The lowest BCUT2D eigenvalue weighted by atomic mass is 10.2. The molecule has 1 aliphatic carbocycles. The number of aromatic nitrogens is 1. The number of nitrogens with zero attached hydrogens (tertiary/aromatic N) is 1. The Morgan fingerprint density at radius 1 is 1.21 bits per heavy atom. The van der Waals surface area contributed by atoms with Crippen molar-refractivity contribution in [3.05, 3.63) is 52.1 Å². The number of nitrogens with one attached hydrogen (secondary N) is 2. The van der Waals surface area contributed by atoms with Gasteiger partial charge in [-0.1, -0.05) is 29.3 Å². The minimum atomic E-state index is -1.09. The summed E-state index contributed by atoms with van der Waals surface area (Å²) in [6.45, 7) is 0. The smallest absolute Gasteiger partial charge is 0.257 e. The number of carbonyl (C=O) groups is 2. The molecule has 5 nitrogen and oxygen atoms in total. The zero-order valence-electron chi connectivity index (χ0n) is 12.2. The fraction of sp³-hybridized carbons (Fsp3) is 0.188. The highest BCUT2D eigenvalue weighted by molar-refractivity contribution is 6.44. The van der Waals surface area contributed by atoms with Crippen LogP contribution in [-0.4, -0.2) is 23.0 Å². The van der Waals surface area contributed by atoms with Gasteiger partial charge < -0.3 is 10.6 Å². The lowest BCUT2D eigenvalue weighted by Crippen LogP contribution is -2.17. The van der Waals surface area contributed by atoms with E-state index in [1.807, 2.05) is 0 Å². The summed E-state index contributed by atoms with van der Waals surface area (Å²) >= 11 is 11.9. The van der Waals surface area contributed by atoms with Crippen molar-refractivity contribution in [3.8, 4) is 0 Å². The Hall–Kier alpha value is -2.18.